The molecule has 41 heavy (non-hydrogen) atoms. The van der Waals surface area contributed by atoms with Crippen molar-refractivity contribution in [3.8, 4) is 39.8 Å². The normalized spacial score (nSPS) is 11.8. The second kappa shape index (κ2) is 11.4. The summed E-state index contributed by atoms with van der Waals surface area (Å²) in [7, 11) is 0. The van der Waals surface area contributed by atoms with Gasteiger partial charge in [-0.25, -0.2) is 4.68 Å². The number of rotatable bonds is 9. The minimum atomic E-state index is -0.215. The highest BCUT2D eigenvalue weighted by molar-refractivity contribution is 7.15. The number of aryl methyl sites for hydroxylation is 1. The summed E-state index contributed by atoms with van der Waals surface area (Å²) < 4.78 is 15.1. The first-order valence-electron chi connectivity index (χ1n) is 13.6. The monoisotopic (exact) mass is 563 g/mol. The quantitative estimate of drug-likeness (QED) is 0.224. The summed E-state index contributed by atoms with van der Waals surface area (Å²) in [5, 5.41) is 9.45. The molecular weight excluding hydrogens is 534 g/mol. The van der Waals surface area contributed by atoms with E-state index < -0.39 is 0 Å². The van der Waals surface area contributed by atoms with Gasteiger partial charge in [0.2, 0.25) is 4.96 Å². The molecule has 0 spiro atoms. The number of hydrogen-bond donors (Lipinski definition) is 0. The summed E-state index contributed by atoms with van der Waals surface area (Å²) in [5.74, 6) is 2.11. The van der Waals surface area contributed by atoms with Crippen molar-refractivity contribution in [3.05, 3.63) is 105 Å². The van der Waals surface area contributed by atoms with Crippen LogP contribution in [0.25, 0.3) is 39.4 Å². The molecule has 3 aromatic heterocycles. The van der Waals surface area contributed by atoms with Crippen molar-refractivity contribution in [2.75, 3.05) is 13.2 Å². The van der Waals surface area contributed by atoms with Crippen LogP contribution in [0.15, 0.2) is 83.8 Å². The van der Waals surface area contributed by atoms with Gasteiger partial charge in [0.25, 0.3) is 5.56 Å². The third-order valence-corrected chi connectivity index (χ3v) is 7.54. The van der Waals surface area contributed by atoms with Gasteiger partial charge >= 0.3 is 0 Å². The molecule has 0 amide bonds. The van der Waals surface area contributed by atoms with Crippen LogP contribution in [0.2, 0.25) is 0 Å². The minimum absolute atomic E-state index is 0.215. The van der Waals surface area contributed by atoms with Crippen LogP contribution in [0, 0.1) is 6.92 Å². The molecule has 0 bridgehead atoms. The first kappa shape index (κ1) is 26.5. The number of thiazole rings is 1. The smallest absolute Gasteiger partial charge is 0.291 e. The molecule has 6 rings (SSSR count). The Hall–Kier alpha value is -4.76. The van der Waals surface area contributed by atoms with E-state index in [4.69, 9.17) is 14.6 Å². The summed E-state index contributed by atoms with van der Waals surface area (Å²) in [6.07, 6.45) is 4.77. The Kier molecular flexibility index (Phi) is 7.35. The van der Waals surface area contributed by atoms with Crippen LogP contribution in [0.4, 0.5) is 0 Å². The maximum absolute atomic E-state index is 13.4. The van der Waals surface area contributed by atoms with Gasteiger partial charge in [-0.15, -0.1) is 5.10 Å². The van der Waals surface area contributed by atoms with Crippen molar-refractivity contribution in [1.82, 2.24) is 24.4 Å². The first-order chi connectivity index (χ1) is 20.0. The topological polar surface area (TPSA) is 83.5 Å². The molecule has 0 aliphatic heterocycles. The third kappa shape index (κ3) is 5.36. The van der Waals surface area contributed by atoms with E-state index in [1.807, 2.05) is 104 Å². The minimum Gasteiger partial charge on any atom is -0.494 e. The Bertz CT molecular complexity index is 1920. The van der Waals surface area contributed by atoms with E-state index in [1.165, 1.54) is 15.9 Å². The van der Waals surface area contributed by atoms with Gasteiger partial charge in [0.1, 0.15) is 17.2 Å². The number of para-hydroxylation sites is 1. The van der Waals surface area contributed by atoms with Crippen LogP contribution in [0.5, 0.6) is 11.5 Å². The second-order valence-corrected chi connectivity index (χ2v) is 10.6. The van der Waals surface area contributed by atoms with Gasteiger partial charge in [0.15, 0.2) is 5.82 Å². The van der Waals surface area contributed by atoms with Crippen molar-refractivity contribution in [1.29, 1.82) is 0 Å². The maximum Gasteiger partial charge on any atom is 0.291 e. The lowest BCUT2D eigenvalue weighted by molar-refractivity contribution is 0.317. The van der Waals surface area contributed by atoms with Crippen molar-refractivity contribution >= 4 is 22.4 Å². The predicted molar refractivity (Wildman–Crippen MR) is 162 cm³/mol. The summed E-state index contributed by atoms with van der Waals surface area (Å²) in [6.45, 7) is 7.34. The van der Waals surface area contributed by atoms with Gasteiger partial charge in [-0.1, -0.05) is 36.5 Å². The Labute approximate surface area is 241 Å². The van der Waals surface area contributed by atoms with Gasteiger partial charge in [-0.3, -0.25) is 4.79 Å². The highest BCUT2D eigenvalue weighted by Gasteiger charge is 2.16. The van der Waals surface area contributed by atoms with Crippen molar-refractivity contribution in [2.24, 2.45) is 0 Å². The molecular formula is C32H29N5O3S. The SMILES string of the molecule is CCCOc1ccc(-c2nn(-c3ccccc3)cc2C=c2sc3nc(-c4ccc(OCC)cc4)nn3c2=O)c(C)c1. The molecule has 0 aliphatic carbocycles. The first-order valence-corrected chi connectivity index (χ1v) is 14.4. The van der Waals surface area contributed by atoms with E-state index in [0.717, 1.165) is 51.6 Å². The summed E-state index contributed by atoms with van der Waals surface area (Å²) in [4.78, 5) is 18.6. The fraction of sp³-hybridized carbons (Fsp3) is 0.188. The largest absolute Gasteiger partial charge is 0.494 e. The molecule has 0 saturated carbocycles. The van der Waals surface area contributed by atoms with E-state index in [1.54, 1.807) is 0 Å². The fourth-order valence-corrected chi connectivity index (χ4v) is 5.49. The number of aromatic nitrogens is 5. The number of nitrogens with zero attached hydrogens (tertiary/aromatic N) is 5. The Morgan fingerprint density at radius 2 is 1.71 bits per heavy atom. The average molecular weight is 564 g/mol. The molecule has 0 N–H and O–H groups in total. The van der Waals surface area contributed by atoms with Crippen LogP contribution in [-0.4, -0.2) is 37.6 Å². The zero-order valence-electron chi connectivity index (χ0n) is 23.1. The number of hydrogen-bond acceptors (Lipinski definition) is 7. The van der Waals surface area contributed by atoms with Crippen molar-refractivity contribution in [3.63, 3.8) is 0 Å². The Morgan fingerprint density at radius 3 is 2.41 bits per heavy atom. The van der Waals surface area contributed by atoms with Crippen LogP contribution in [-0.2, 0) is 0 Å². The Balaban J connectivity index is 1.42. The lowest BCUT2D eigenvalue weighted by Crippen LogP contribution is -2.23. The van der Waals surface area contributed by atoms with Gasteiger partial charge in [0.05, 0.1) is 23.4 Å². The molecule has 0 atom stereocenters. The molecule has 0 unspecified atom stereocenters. The van der Waals surface area contributed by atoms with E-state index in [9.17, 15) is 4.79 Å². The lowest BCUT2D eigenvalue weighted by Gasteiger charge is -2.09. The molecule has 206 valence electrons. The Morgan fingerprint density at radius 1 is 0.927 bits per heavy atom. The number of ether oxygens (including phenoxy) is 2. The molecule has 0 fully saturated rings. The highest BCUT2D eigenvalue weighted by Crippen LogP contribution is 2.30. The molecule has 8 nitrogen and oxygen atoms in total. The molecule has 3 heterocycles. The summed E-state index contributed by atoms with van der Waals surface area (Å²) in [6, 6.07) is 23.5. The van der Waals surface area contributed by atoms with Gasteiger partial charge < -0.3 is 9.47 Å². The van der Waals surface area contributed by atoms with Crippen molar-refractivity contribution in [2.45, 2.75) is 27.2 Å². The third-order valence-electron chi connectivity index (χ3n) is 6.58. The van der Waals surface area contributed by atoms with E-state index >= 15 is 0 Å². The molecule has 6 aromatic rings. The van der Waals surface area contributed by atoms with Crippen LogP contribution in [0.1, 0.15) is 31.4 Å². The van der Waals surface area contributed by atoms with Crippen LogP contribution in [0.3, 0.4) is 0 Å². The zero-order chi connectivity index (χ0) is 28.3. The van der Waals surface area contributed by atoms with Gasteiger partial charge in [-0.05, 0) is 86.5 Å². The van der Waals surface area contributed by atoms with Crippen LogP contribution >= 0.6 is 11.3 Å². The standard InChI is InChI=1S/C32H29N5O3S/c1-4-17-40-26-15-16-27(21(3)18-26)29-23(20-36(34-29)24-9-7-6-8-10-24)19-28-31(38)37-32(41-28)33-30(35-37)22-11-13-25(14-12-22)39-5-2/h6-16,18-20H,4-5,17H2,1-3H3. The van der Waals surface area contributed by atoms with E-state index in [0.29, 0.717) is 28.5 Å². The lowest BCUT2D eigenvalue weighted by atomic mass is 10.0. The number of benzene rings is 3. The summed E-state index contributed by atoms with van der Waals surface area (Å²) >= 11 is 1.31. The van der Waals surface area contributed by atoms with Gasteiger partial charge in [0, 0.05) is 22.9 Å². The van der Waals surface area contributed by atoms with Gasteiger partial charge in [-0.2, -0.15) is 14.6 Å². The van der Waals surface area contributed by atoms with Crippen LogP contribution < -0.4 is 19.6 Å². The predicted octanol–water partition coefficient (Wildman–Crippen LogP) is 5.71. The van der Waals surface area contributed by atoms with E-state index in [2.05, 4.69) is 17.0 Å². The molecule has 0 saturated heterocycles. The average Bonchev–Trinajstić information content (AvgIpc) is 3.68. The molecule has 3 aromatic carbocycles. The second-order valence-electron chi connectivity index (χ2n) is 9.54. The molecule has 0 aliphatic rings. The maximum atomic E-state index is 13.4. The fourth-order valence-electron chi connectivity index (χ4n) is 4.59. The highest BCUT2D eigenvalue weighted by atomic mass is 32.1. The zero-order valence-corrected chi connectivity index (χ0v) is 23.9. The summed E-state index contributed by atoms with van der Waals surface area (Å²) in [5.41, 5.74) is 5.15. The van der Waals surface area contributed by atoms with Crippen molar-refractivity contribution < 1.29 is 9.47 Å². The molecule has 9 heteroatoms. The number of fused-ring (bicyclic) bond motifs is 1. The van der Waals surface area contributed by atoms with E-state index in [-0.39, 0.29) is 5.56 Å². The molecule has 0 radical (unpaired) electrons.